The molecule has 0 aromatic heterocycles. The van der Waals surface area contributed by atoms with Crippen LogP contribution in [-0.2, 0) is 14.3 Å². The van der Waals surface area contributed by atoms with Crippen LogP contribution in [0.2, 0.25) is 0 Å². The summed E-state index contributed by atoms with van der Waals surface area (Å²) in [5.41, 5.74) is 1.51. The van der Waals surface area contributed by atoms with Crippen molar-refractivity contribution in [3.8, 4) is 0 Å². The first-order chi connectivity index (χ1) is 8.58. The highest BCUT2D eigenvalue weighted by Gasteiger charge is 2.28. The maximum Gasteiger partial charge on any atom is 0.308 e. The summed E-state index contributed by atoms with van der Waals surface area (Å²) in [5.74, 6) is 0.718. The molecule has 3 heteroatoms. The smallest absolute Gasteiger partial charge is 0.308 e. The van der Waals surface area contributed by atoms with Gasteiger partial charge in [-0.3, -0.25) is 9.59 Å². The van der Waals surface area contributed by atoms with E-state index in [9.17, 15) is 9.59 Å². The largest absolute Gasteiger partial charge is 0.426 e. The molecule has 0 bridgehead atoms. The van der Waals surface area contributed by atoms with Crippen LogP contribution in [0.1, 0.15) is 52.4 Å². The fourth-order valence-electron chi connectivity index (χ4n) is 2.76. The third-order valence-electron chi connectivity index (χ3n) is 3.66. The zero-order valence-electron chi connectivity index (χ0n) is 11.1. The first kappa shape index (κ1) is 13.1. The van der Waals surface area contributed by atoms with Gasteiger partial charge in [-0.05, 0) is 31.3 Å². The number of carbonyl (C=O) groups is 2. The maximum absolute atomic E-state index is 11.9. The van der Waals surface area contributed by atoms with Gasteiger partial charge in [-0.15, -0.1) is 0 Å². The summed E-state index contributed by atoms with van der Waals surface area (Å²) in [7, 11) is 0. The molecule has 0 unspecified atom stereocenters. The summed E-state index contributed by atoms with van der Waals surface area (Å²) in [6, 6.07) is 0. The van der Waals surface area contributed by atoms with Crippen LogP contribution in [0.25, 0.3) is 0 Å². The van der Waals surface area contributed by atoms with Crippen LogP contribution in [0.3, 0.4) is 0 Å². The molecule has 0 saturated heterocycles. The first-order valence-electron chi connectivity index (χ1n) is 6.71. The van der Waals surface area contributed by atoms with Crippen molar-refractivity contribution in [1.82, 2.24) is 0 Å². The predicted molar refractivity (Wildman–Crippen MR) is 68.7 cm³/mol. The van der Waals surface area contributed by atoms with E-state index < -0.39 is 0 Å². The van der Waals surface area contributed by atoms with Crippen LogP contribution in [0.4, 0.5) is 0 Å². The van der Waals surface area contributed by atoms with Gasteiger partial charge < -0.3 is 4.74 Å². The molecule has 0 aliphatic heterocycles. The Balaban J connectivity index is 2.20. The molecular weight excluding hydrogens is 228 g/mol. The highest BCUT2D eigenvalue weighted by atomic mass is 16.5. The normalized spacial score (nSPS) is 23.9. The van der Waals surface area contributed by atoms with Gasteiger partial charge in [0.05, 0.1) is 5.57 Å². The molecule has 1 saturated carbocycles. The van der Waals surface area contributed by atoms with E-state index in [1.54, 1.807) is 0 Å². The van der Waals surface area contributed by atoms with E-state index in [1.165, 1.54) is 26.2 Å². The summed E-state index contributed by atoms with van der Waals surface area (Å²) >= 11 is 0. The van der Waals surface area contributed by atoms with Gasteiger partial charge in [0, 0.05) is 13.3 Å². The lowest BCUT2D eigenvalue weighted by Crippen LogP contribution is -2.08. The molecular formula is C15H20O3. The van der Waals surface area contributed by atoms with Crippen LogP contribution in [0.15, 0.2) is 23.0 Å². The topological polar surface area (TPSA) is 43.4 Å². The number of esters is 1. The van der Waals surface area contributed by atoms with Crippen LogP contribution in [0.5, 0.6) is 0 Å². The number of carbonyl (C=O) groups excluding carboxylic acids is 2. The van der Waals surface area contributed by atoms with Crippen molar-refractivity contribution in [3.05, 3.63) is 23.0 Å². The zero-order valence-corrected chi connectivity index (χ0v) is 11.1. The summed E-state index contributed by atoms with van der Waals surface area (Å²) in [6.45, 7) is 3.24. The number of allylic oxidation sites excluding steroid dienone is 3. The molecule has 0 aromatic rings. The minimum Gasteiger partial charge on any atom is -0.426 e. The third kappa shape index (κ3) is 2.89. The highest BCUT2D eigenvalue weighted by molar-refractivity contribution is 6.04. The Morgan fingerprint density at radius 3 is 2.56 bits per heavy atom. The lowest BCUT2D eigenvalue weighted by molar-refractivity contribution is -0.136. The molecule has 0 N–H and O–H groups in total. The maximum atomic E-state index is 11.9. The molecule has 18 heavy (non-hydrogen) atoms. The minimum atomic E-state index is -0.353. The van der Waals surface area contributed by atoms with Crippen molar-refractivity contribution in [1.29, 1.82) is 0 Å². The van der Waals surface area contributed by atoms with Gasteiger partial charge in [0.1, 0.15) is 5.76 Å². The van der Waals surface area contributed by atoms with Crippen molar-refractivity contribution in [2.45, 2.75) is 52.4 Å². The summed E-state index contributed by atoms with van der Waals surface area (Å²) < 4.78 is 5.20. The average Bonchev–Trinajstić information content (AvgIpc) is 2.57. The molecule has 0 aromatic carbocycles. The quantitative estimate of drug-likeness (QED) is 0.556. The SMILES string of the molecule is CC(=O)OC1=C(C)CC(=O)/C1=C/C1CCCCC1. The standard InChI is InChI=1S/C15H20O3/c1-10-8-14(17)13(15(10)18-11(2)16)9-12-6-4-3-5-7-12/h9,12H,3-8H2,1-2H3/b13-9-. The molecule has 0 atom stereocenters. The molecule has 0 amide bonds. The third-order valence-corrected chi connectivity index (χ3v) is 3.66. The summed E-state index contributed by atoms with van der Waals surface area (Å²) in [4.78, 5) is 23.0. The summed E-state index contributed by atoms with van der Waals surface area (Å²) in [6.07, 6.45) is 8.46. The Kier molecular flexibility index (Phi) is 4.00. The molecule has 0 heterocycles. The Hall–Kier alpha value is -1.38. The van der Waals surface area contributed by atoms with Gasteiger partial charge >= 0.3 is 5.97 Å². The van der Waals surface area contributed by atoms with E-state index in [1.807, 2.05) is 13.0 Å². The van der Waals surface area contributed by atoms with E-state index in [0.29, 0.717) is 23.7 Å². The van der Waals surface area contributed by atoms with Crippen LogP contribution >= 0.6 is 0 Å². The monoisotopic (exact) mass is 248 g/mol. The van der Waals surface area contributed by atoms with Gasteiger partial charge in [-0.25, -0.2) is 0 Å². The Morgan fingerprint density at radius 2 is 1.94 bits per heavy atom. The van der Waals surface area contributed by atoms with E-state index in [0.717, 1.165) is 18.4 Å². The molecule has 2 aliphatic rings. The molecule has 0 spiro atoms. The Bertz CT molecular complexity index is 423. The van der Waals surface area contributed by atoms with Crippen molar-refractivity contribution < 1.29 is 14.3 Å². The number of rotatable bonds is 2. The van der Waals surface area contributed by atoms with Crippen molar-refractivity contribution in [2.75, 3.05) is 0 Å². The van der Waals surface area contributed by atoms with E-state index in [4.69, 9.17) is 4.74 Å². The predicted octanol–water partition coefficient (Wildman–Crippen LogP) is 3.30. The van der Waals surface area contributed by atoms with Gasteiger partial charge in [0.15, 0.2) is 5.78 Å². The van der Waals surface area contributed by atoms with Crippen LogP contribution < -0.4 is 0 Å². The minimum absolute atomic E-state index is 0.0920. The van der Waals surface area contributed by atoms with Gasteiger partial charge in [-0.1, -0.05) is 25.3 Å². The number of hydrogen-bond donors (Lipinski definition) is 0. The van der Waals surface area contributed by atoms with Crippen LogP contribution in [0, 0.1) is 5.92 Å². The summed E-state index contributed by atoms with van der Waals surface area (Å²) in [5, 5.41) is 0. The van der Waals surface area contributed by atoms with Gasteiger partial charge in [-0.2, -0.15) is 0 Å². The Morgan fingerprint density at radius 1 is 1.28 bits per heavy atom. The second kappa shape index (κ2) is 5.51. The number of ether oxygens (including phenoxy) is 1. The second-order valence-corrected chi connectivity index (χ2v) is 5.28. The first-order valence-corrected chi connectivity index (χ1v) is 6.71. The van der Waals surface area contributed by atoms with Crippen molar-refractivity contribution >= 4 is 11.8 Å². The Labute approximate surface area is 108 Å². The lowest BCUT2D eigenvalue weighted by Gasteiger charge is -2.19. The van der Waals surface area contributed by atoms with Crippen molar-refractivity contribution in [3.63, 3.8) is 0 Å². The zero-order chi connectivity index (χ0) is 13.1. The van der Waals surface area contributed by atoms with Crippen molar-refractivity contribution in [2.24, 2.45) is 5.92 Å². The average molecular weight is 248 g/mol. The van der Waals surface area contributed by atoms with E-state index in [2.05, 4.69) is 0 Å². The van der Waals surface area contributed by atoms with E-state index in [-0.39, 0.29) is 11.8 Å². The van der Waals surface area contributed by atoms with E-state index >= 15 is 0 Å². The molecule has 98 valence electrons. The highest BCUT2D eigenvalue weighted by Crippen LogP contribution is 2.33. The number of ketones is 1. The number of Topliss-reactive ketones (excluding diaryl/α,β-unsaturated/α-hetero) is 1. The fraction of sp³-hybridized carbons (Fsp3) is 0.600. The molecule has 0 radical (unpaired) electrons. The number of hydrogen-bond acceptors (Lipinski definition) is 3. The second-order valence-electron chi connectivity index (χ2n) is 5.28. The molecule has 2 aliphatic carbocycles. The van der Waals surface area contributed by atoms with Gasteiger partial charge in [0.25, 0.3) is 0 Å². The fourth-order valence-corrected chi connectivity index (χ4v) is 2.76. The molecule has 1 fully saturated rings. The lowest BCUT2D eigenvalue weighted by atomic mass is 9.87. The molecule has 2 rings (SSSR count). The van der Waals surface area contributed by atoms with Crippen LogP contribution in [-0.4, -0.2) is 11.8 Å². The molecule has 3 nitrogen and oxygen atoms in total. The van der Waals surface area contributed by atoms with Gasteiger partial charge in [0.2, 0.25) is 0 Å².